The lowest BCUT2D eigenvalue weighted by atomic mass is 10.2. The van der Waals surface area contributed by atoms with Crippen molar-refractivity contribution in [3.63, 3.8) is 0 Å². The maximum atomic E-state index is 11.3. The Kier molecular flexibility index (Phi) is 1.29. The van der Waals surface area contributed by atoms with Gasteiger partial charge < -0.3 is 5.73 Å². The largest absolute Gasteiger partial charge is 0.398 e. The topological polar surface area (TPSA) is 60.2 Å². The predicted octanol–water partition coefficient (Wildman–Crippen LogP) is 0.731. The first-order valence-corrected chi connectivity index (χ1v) is 4.97. The van der Waals surface area contributed by atoms with Gasteiger partial charge in [0.05, 0.1) is 16.0 Å². The molecular weight excluding hydrogens is 174 g/mol. The predicted molar refractivity (Wildman–Crippen MR) is 45.8 cm³/mol. The summed E-state index contributed by atoms with van der Waals surface area (Å²) in [5, 5.41) is 1.09. The van der Waals surface area contributed by atoms with Gasteiger partial charge in [-0.3, -0.25) is 0 Å². The fraction of sp³-hybridized carbons (Fsp3) is 0. The van der Waals surface area contributed by atoms with Crippen LogP contribution in [-0.4, -0.2) is 8.42 Å². The van der Waals surface area contributed by atoms with Crippen molar-refractivity contribution in [2.75, 3.05) is 0 Å². The molecule has 1 heterocycles. The molecule has 0 bridgehead atoms. The first-order chi connectivity index (χ1) is 5.61. The van der Waals surface area contributed by atoms with E-state index in [0.717, 1.165) is 5.41 Å². The highest BCUT2D eigenvalue weighted by atomic mass is 32.2. The van der Waals surface area contributed by atoms with Gasteiger partial charge in [0.25, 0.3) is 0 Å². The molecule has 0 aliphatic carbocycles. The van der Waals surface area contributed by atoms with Gasteiger partial charge in [-0.25, -0.2) is 8.42 Å². The van der Waals surface area contributed by atoms with E-state index in [9.17, 15) is 8.42 Å². The minimum absolute atomic E-state index is 0.308. The zero-order valence-electron chi connectivity index (χ0n) is 6.19. The summed E-state index contributed by atoms with van der Waals surface area (Å²) in [4.78, 5) is 0.308. The van der Waals surface area contributed by atoms with Gasteiger partial charge in [-0.1, -0.05) is 18.2 Å². The summed E-state index contributed by atoms with van der Waals surface area (Å²) in [5.41, 5.74) is 6.44. The number of nitrogens with two attached hydrogens (primary N) is 1. The molecule has 0 amide bonds. The highest BCUT2D eigenvalue weighted by Crippen LogP contribution is 2.29. The SMILES string of the molecule is NC1=CS(=O)(=O)c2ccccc21. The third-order valence-electron chi connectivity index (χ3n) is 1.79. The van der Waals surface area contributed by atoms with Crippen LogP contribution in [0, 0.1) is 0 Å². The molecule has 0 unspecified atom stereocenters. The zero-order chi connectivity index (χ0) is 8.77. The number of benzene rings is 1. The second-order valence-corrected chi connectivity index (χ2v) is 4.38. The molecule has 2 rings (SSSR count). The molecular formula is C8H7NO2S. The fourth-order valence-corrected chi connectivity index (χ4v) is 2.60. The van der Waals surface area contributed by atoms with E-state index >= 15 is 0 Å². The Morgan fingerprint density at radius 1 is 1.17 bits per heavy atom. The van der Waals surface area contributed by atoms with Crippen LogP contribution in [0.15, 0.2) is 34.6 Å². The number of hydrogen-bond acceptors (Lipinski definition) is 3. The Morgan fingerprint density at radius 3 is 2.50 bits per heavy atom. The van der Waals surface area contributed by atoms with E-state index in [1.807, 2.05) is 0 Å². The number of sulfone groups is 1. The second-order valence-electron chi connectivity index (χ2n) is 2.61. The second kappa shape index (κ2) is 2.10. The summed E-state index contributed by atoms with van der Waals surface area (Å²) < 4.78 is 22.6. The molecule has 1 aliphatic rings. The van der Waals surface area contributed by atoms with Crippen molar-refractivity contribution in [1.29, 1.82) is 0 Å². The fourth-order valence-electron chi connectivity index (χ4n) is 1.25. The first kappa shape index (κ1) is 7.36. The van der Waals surface area contributed by atoms with Crippen LogP contribution in [-0.2, 0) is 9.84 Å². The zero-order valence-corrected chi connectivity index (χ0v) is 7.01. The molecule has 0 aromatic heterocycles. The van der Waals surface area contributed by atoms with Gasteiger partial charge in [-0.15, -0.1) is 0 Å². The smallest absolute Gasteiger partial charge is 0.202 e. The molecule has 4 heteroatoms. The van der Waals surface area contributed by atoms with Gasteiger partial charge in [0.15, 0.2) is 0 Å². The van der Waals surface area contributed by atoms with E-state index in [4.69, 9.17) is 5.73 Å². The van der Waals surface area contributed by atoms with Crippen molar-refractivity contribution in [1.82, 2.24) is 0 Å². The van der Waals surface area contributed by atoms with Crippen LogP contribution < -0.4 is 5.73 Å². The molecule has 0 saturated carbocycles. The summed E-state index contributed by atoms with van der Waals surface area (Å²) >= 11 is 0. The minimum atomic E-state index is -3.24. The Labute approximate surface area is 70.4 Å². The Balaban J connectivity index is 2.86. The van der Waals surface area contributed by atoms with E-state index in [1.54, 1.807) is 24.3 Å². The molecule has 0 radical (unpaired) electrons. The van der Waals surface area contributed by atoms with E-state index in [0.29, 0.717) is 16.2 Å². The Morgan fingerprint density at radius 2 is 1.83 bits per heavy atom. The normalized spacial score (nSPS) is 18.5. The van der Waals surface area contributed by atoms with E-state index in [1.165, 1.54) is 0 Å². The van der Waals surface area contributed by atoms with Crippen molar-refractivity contribution in [2.45, 2.75) is 4.90 Å². The highest BCUT2D eigenvalue weighted by Gasteiger charge is 2.24. The Bertz CT molecular complexity index is 460. The standard InChI is InChI=1S/C8H7NO2S/c9-7-5-12(10,11)8-4-2-1-3-6(7)8/h1-5H,9H2. The average Bonchev–Trinajstić information content (AvgIpc) is 2.25. The van der Waals surface area contributed by atoms with Crippen LogP contribution in [0.25, 0.3) is 5.70 Å². The maximum absolute atomic E-state index is 11.3. The molecule has 62 valence electrons. The third kappa shape index (κ3) is 0.848. The molecule has 1 aromatic rings. The maximum Gasteiger partial charge on any atom is 0.202 e. The van der Waals surface area contributed by atoms with Gasteiger partial charge in [0.1, 0.15) is 0 Å². The van der Waals surface area contributed by atoms with Crippen molar-refractivity contribution in [3.8, 4) is 0 Å². The van der Waals surface area contributed by atoms with Crippen LogP contribution in [0.4, 0.5) is 0 Å². The monoisotopic (exact) mass is 181 g/mol. The summed E-state index contributed by atoms with van der Waals surface area (Å²) in [6.45, 7) is 0. The van der Waals surface area contributed by atoms with Crippen LogP contribution in [0.1, 0.15) is 5.56 Å². The van der Waals surface area contributed by atoms with Gasteiger partial charge in [0, 0.05) is 5.56 Å². The molecule has 0 fully saturated rings. The molecule has 0 spiro atoms. The quantitative estimate of drug-likeness (QED) is 0.642. The number of hydrogen-bond donors (Lipinski definition) is 1. The van der Waals surface area contributed by atoms with Crippen molar-refractivity contribution in [2.24, 2.45) is 5.73 Å². The minimum Gasteiger partial charge on any atom is -0.398 e. The van der Waals surface area contributed by atoms with Crippen molar-refractivity contribution >= 4 is 15.5 Å². The lowest BCUT2D eigenvalue weighted by molar-refractivity contribution is 0.605. The van der Waals surface area contributed by atoms with Gasteiger partial charge in [0.2, 0.25) is 9.84 Å². The number of rotatable bonds is 0. The summed E-state index contributed by atoms with van der Waals surface area (Å²) in [5.74, 6) is 0. The lowest BCUT2D eigenvalue weighted by Gasteiger charge is -1.96. The summed E-state index contributed by atoms with van der Waals surface area (Å²) in [7, 11) is -3.24. The summed E-state index contributed by atoms with van der Waals surface area (Å²) in [6.07, 6.45) is 0. The molecule has 3 nitrogen and oxygen atoms in total. The molecule has 1 aliphatic heterocycles. The van der Waals surface area contributed by atoms with Crippen LogP contribution >= 0.6 is 0 Å². The van der Waals surface area contributed by atoms with Crippen LogP contribution in [0.2, 0.25) is 0 Å². The highest BCUT2D eigenvalue weighted by molar-refractivity contribution is 7.94. The van der Waals surface area contributed by atoms with E-state index < -0.39 is 9.84 Å². The van der Waals surface area contributed by atoms with Gasteiger partial charge >= 0.3 is 0 Å². The molecule has 0 atom stereocenters. The van der Waals surface area contributed by atoms with Gasteiger partial charge in [-0.2, -0.15) is 0 Å². The van der Waals surface area contributed by atoms with Crippen LogP contribution in [0.3, 0.4) is 0 Å². The van der Waals surface area contributed by atoms with Crippen molar-refractivity contribution < 1.29 is 8.42 Å². The van der Waals surface area contributed by atoms with Crippen LogP contribution in [0.5, 0.6) is 0 Å². The molecule has 0 saturated heterocycles. The lowest BCUT2D eigenvalue weighted by Crippen LogP contribution is -1.93. The van der Waals surface area contributed by atoms with E-state index in [-0.39, 0.29) is 0 Å². The van der Waals surface area contributed by atoms with Gasteiger partial charge in [-0.05, 0) is 6.07 Å². The molecule has 2 N–H and O–H groups in total. The Hall–Kier alpha value is -1.29. The average molecular weight is 181 g/mol. The first-order valence-electron chi connectivity index (χ1n) is 3.43. The molecule has 1 aromatic carbocycles. The summed E-state index contributed by atoms with van der Waals surface area (Å²) in [6, 6.07) is 6.70. The third-order valence-corrected chi connectivity index (χ3v) is 3.32. The molecule has 12 heavy (non-hydrogen) atoms. The van der Waals surface area contributed by atoms with E-state index in [2.05, 4.69) is 0 Å². The van der Waals surface area contributed by atoms with Crippen molar-refractivity contribution in [3.05, 3.63) is 35.2 Å². The number of fused-ring (bicyclic) bond motifs is 1.